The van der Waals surface area contributed by atoms with E-state index in [9.17, 15) is 4.79 Å². The van der Waals surface area contributed by atoms with Crippen LogP contribution in [0.25, 0.3) is 0 Å². The molecule has 0 fully saturated rings. The number of hydrogen-bond acceptors (Lipinski definition) is 3. The number of carbonyl (C=O) groups is 1. The summed E-state index contributed by atoms with van der Waals surface area (Å²) in [6, 6.07) is 0. The van der Waals surface area contributed by atoms with Gasteiger partial charge in [-0.05, 0) is 12.2 Å². The van der Waals surface area contributed by atoms with Crippen LogP contribution in [0.15, 0.2) is 11.6 Å². The molecule has 0 radical (unpaired) electrons. The summed E-state index contributed by atoms with van der Waals surface area (Å²) in [5.74, 6) is 1.78. The molecule has 0 amide bonds. The number of rotatable bonds is 5. The molecule has 0 aromatic heterocycles. The largest absolute Gasteiger partial charge is 0.466 e. The predicted octanol–water partition coefficient (Wildman–Crippen LogP) is 2.25. The fourth-order valence-corrected chi connectivity index (χ4v) is 1.34. The first-order chi connectivity index (χ1) is 5.76. The van der Waals surface area contributed by atoms with Crippen LogP contribution in [0.5, 0.6) is 0 Å². The molecular formula is C9H16O2S. The van der Waals surface area contributed by atoms with Crippen molar-refractivity contribution in [3.8, 4) is 0 Å². The highest BCUT2D eigenvalue weighted by Gasteiger charge is 2.04. The Balaban J connectivity index is 3.95. The molecule has 12 heavy (non-hydrogen) atoms. The number of methoxy groups -OCH3 is 1. The van der Waals surface area contributed by atoms with Gasteiger partial charge in [0.1, 0.15) is 0 Å². The zero-order valence-corrected chi connectivity index (χ0v) is 8.74. The lowest BCUT2D eigenvalue weighted by molar-refractivity contribution is -0.136. The Hall–Kier alpha value is -0.440. The summed E-state index contributed by atoms with van der Waals surface area (Å²) >= 11 is 1.80. The van der Waals surface area contributed by atoms with Crippen molar-refractivity contribution in [1.82, 2.24) is 0 Å². The van der Waals surface area contributed by atoms with Crippen LogP contribution in [0, 0.1) is 0 Å². The first-order valence-electron chi connectivity index (χ1n) is 4.11. The SMILES string of the molecule is CCSCC=C(CC)C(=O)OC. The Morgan fingerprint density at radius 1 is 1.50 bits per heavy atom. The van der Waals surface area contributed by atoms with E-state index in [1.165, 1.54) is 7.11 Å². The second-order valence-electron chi connectivity index (χ2n) is 2.23. The minimum absolute atomic E-state index is 0.200. The van der Waals surface area contributed by atoms with Crippen LogP contribution in [0.3, 0.4) is 0 Å². The molecule has 0 aliphatic heterocycles. The molecule has 0 saturated heterocycles. The van der Waals surface area contributed by atoms with Gasteiger partial charge in [0.2, 0.25) is 0 Å². The number of hydrogen-bond donors (Lipinski definition) is 0. The van der Waals surface area contributed by atoms with Crippen molar-refractivity contribution < 1.29 is 9.53 Å². The van der Waals surface area contributed by atoms with E-state index in [-0.39, 0.29) is 5.97 Å². The quantitative estimate of drug-likeness (QED) is 0.376. The van der Waals surface area contributed by atoms with Crippen molar-refractivity contribution in [2.75, 3.05) is 18.6 Å². The van der Waals surface area contributed by atoms with Crippen LogP contribution >= 0.6 is 11.8 Å². The smallest absolute Gasteiger partial charge is 0.333 e. The van der Waals surface area contributed by atoms with Gasteiger partial charge in [-0.15, -0.1) is 0 Å². The lowest BCUT2D eigenvalue weighted by Gasteiger charge is -2.01. The van der Waals surface area contributed by atoms with E-state index in [2.05, 4.69) is 11.7 Å². The molecule has 2 nitrogen and oxygen atoms in total. The maximum Gasteiger partial charge on any atom is 0.333 e. The normalized spacial score (nSPS) is 11.4. The first-order valence-corrected chi connectivity index (χ1v) is 5.26. The molecular weight excluding hydrogens is 172 g/mol. The molecule has 70 valence electrons. The van der Waals surface area contributed by atoms with E-state index < -0.39 is 0 Å². The average Bonchev–Trinajstić information content (AvgIpc) is 2.11. The Morgan fingerprint density at radius 3 is 2.58 bits per heavy atom. The van der Waals surface area contributed by atoms with Gasteiger partial charge in [-0.25, -0.2) is 4.79 Å². The maximum absolute atomic E-state index is 11.0. The molecule has 0 rings (SSSR count). The van der Waals surface area contributed by atoms with E-state index >= 15 is 0 Å². The minimum Gasteiger partial charge on any atom is -0.466 e. The molecule has 0 aliphatic rings. The molecule has 0 spiro atoms. The van der Waals surface area contributed by atoms with Crippen molar-refractivity contribution in [2.45, 2.75) is 20.3 Å². The summed E-state index contributed by atoms with van der Waals surface area (Å²) in [7, 11) is 1.42. The van der Waals surface area contributed by atoms with E-state index in [1.807, 2.05) is 13.0 Å². The highest BCUT2D eigenvalue weighted by Crippen LogP contribution is 2.06. The van der Waals surface area contributed by atoms with Gasteiger partial charge in [-0.3, -0.25) is 0 Å². The lowest BCUT2D eigenvalue weighted by atomic mass is 10.2. The summed E-state index contributed by atoms with van der Waals surface area (Å²) in [5, 5.41) is 0. The average molecular weight is 188 g/mol. The lowest BCUT2D eigenvalue weighted by Crippen LogP contribution is -2.04. The van der Waals surface area contributed by atoms with Gasteiger partial charge in [-0.1, -0.05) is 19.9 Å². The molecule has 0 atom stereocenters. The van der Waals surface area contributed by atoms with E-state index in [4.69, 9.17) is 0 Å². The summed E-state index contributed by atoms with van der Waals surface area (Å²) in [6.07, 6.45) is 2.69. The number of carbonyl (C=O) groups excluding carboxylic acids is 1. The van der Waals surface area contributed by atoms with Gasteiger partial charge < -0.3 is 4.74 Å². The highest BCUT2D eigenvalue weighted by atomic mass is 32.2. The summed E-state index contributed by atoms with van der Waals surface area (Å²) in [6.45, 7) is 4.06. The van der Waals surface area contributed by atoms with E-state index in [0.717, 1.165) is 23.5 Å². The molecule has 0 aliphatic carbocycles. The highest BCUT2D eigenvalue weighted by molar-refractivity contribution is 7.99. The van der Waals surface area contributed by atoms with Crippen LogP contribution in [0.2, 0.25) is 0 Å². The minimum atomic E-state index is -0.200. The zero-order chi connectivity index (χ0) is 9.40. The Morgan fingerprint density at radius 2 is 2.17 bits per heavy atom. The van der Waals surface area contributed by atoms with Gasteiger partial charge in [0.15, 0.2) is 0 Å². The van der Waals surface area contributed by atoms with Crippen LogP contribution in [-0.2, 0) is 9.53 Å². The van der Waals surface area contributed by atoms with Gasteiger partial charge in [0.05, 0.1) is 7.11 Å². The second kappa shape index (κ2) is 7.22. The summed E-state index contributed by atoms with van der Waals surface area (Å²) in [5.41, 5.74) is 0.776. The van der Waals surface area contributed by atoms with E-state index in [1.54, 1.807) is 11.8 Å². The first kappa shape index (κ1) is 11.6. The third-order valence-corrected chi connectivity index (χ3v) is 2.29. The maximum atomic E-state index is 11.0. The van der Waals surface area contributed by atoms with Crippen molar-refractivity contribution in [1.29, 1.82) is 0 Å². The fourth-order valence-electron chi connectivity index (χ4n) is 0.780. The Labute approximate surface area is 78.4 Å². The second-order valence-corrected chi connectivity index (χ2v) is 3.55. The number of esters is 1. The predicted molar refractivity (Wildman–Crippen MR) is 53.4 cm³/mol. The topological polar surface area (TPSA) is 26.3 Å². The van der Waals surface area contributed by atoms with Crippen LogP contribution < -0.4 is 0 Å². The molecule has 0 heterocycles. The number of ether oxygens (including phenoxy) is 1. The molecule has 0 N–H and O–H groups in total. The molecule has 0 bridgehead atoms. The molecule has 0 saturated carbocycles. The zero-order valence-electron chi connectivity index (χ0n) is 7.92. The van der Waals surface area contributed by atoms with Gasteiger partial charge in [0.25, 0.3) is 0 Å². The molecule has 0 unspecified atom stereocenters. The van der Waals surface area contributed by atoms with Crippen molar-refractivity contribution in [3.63, 3.8) is 0 Å². The van der Waals surface area contributed by atoms with Crippen molar-refractivity contribution >= 4 is 17.7 Å². The third kappa shape index (κ3) is 4.44. The van der Waals surface area contributed by atoms with Crippen molar-refractivity contribution in [3.05, 3.63) is 11.6 Å². The fraction of sp³-hybridized carbons (Fsp3) is 0.667. The van der Waals surface area contributed by atoms with Crippen LogP contribution in [0.4, 0.5) is 0 Å². The molecule has 0 aromatic rings. The van der Waals surface area contributed by atoms with Crippen LogP contribution in [0.1, 0.15) is 20.3 Å². The van der Waals surface area contributed by atoms with Crippen molar-refractivity contribution in [2.24, 2.45) is 0 Å². The standard InChI is InChI=1S/C9H16O2S/c1-4-8(9(10)11-3)6-7-12-5-2/h6H,4-5,7H2,1-3H3. The monoisotopic (exact) mass is 188 g/mol. The van der Waals surface area contributed by atoms with Gasteiger partial charge in [0, 0.05) is 11.3 Å². The summed E-state index contributed by atoms with van der Waals surface area (Å²) < 4.78 is 4.62. The third-order valence-electron chi connectivity index (χ3n) is 1.48. The van der Waals surface area contributed by atoms with E-state index in [0.29, 0.717) is 0 Å². The Bertz CT molecular complexity index is 164. The summed E-state index contributed by atoms with van der Waals surface area (Å²) in [4.78, 5) is 11.0. The number of thioether (sulfide) groups is 1. The Kier molecular flexibility index (Phi) is 6.96. The molecule has 0 aromatic carbocycles. The van der Waals surface area contributed by atoms with Gasteiger partial charge in [-0.2, -0.15) is 11.8 Å². The van der Waals surface area contributed by atoms with Gasteiger partial charge >= 0.3 is 5.97 Å². The van der Waals surface area contributed by atoms with Crippen LogP contribution in [-0.4, -0.2) is 24.6 Å². The molecule has 3 heteroatoms.